The van der Waals surface area contributed by atoms with Gasteiger partial charge in [-0.2, -0.15) is 0 Å². The first kappa shape index (κ1) is 15.6. The third-order valence-electron chi connectivity index (χ3n) is 3.05. The van der Waals surface area contributed by atoms with Gasteiger partial charge in [-0.3, -0.25) is 4.79 Å². The number of hydrogen-bond donors (Lipinski definition) is 2. The van der Waals surface area contributed by atoms with E-state index in [1.54, 1.807) is 12.1 Å². The summed E-state index contributed by atoms with van der Waals surface area (Å²) in [6.45, 7) is 1.82. The third-order valence-corrected chi connectivity index (χ3v) is 4.39. The first-order chi connectivity index (χ1) is 9.77. The first-order valence-corrected chi connectivity index (χ1v) is 8.49. The maximum atomic E-state index is 12.0. The van der Waals surface area contributed by atoms with Gasteiger partial charge >= 0.3 is 0 Å². The molecule has 0 aliphatic heterocycles. The van der Waals surface area contributed by atoms with Crippen LogP contribution >= 0.6 is 11.6 Å². The smallest absolute Gasteiger partial charge is 0.268 e. The Morgan fingerprint density at radius 2 is 1.90 bits per heavy atom. The molecule has 1 heterocycles. The zero-order chi connectivity index (χ0) is 15.6. The van der Waals surface area contributed by atoms with Gasteiger partial charge in [0, 0.05) is 12.5 Å². The molecular formula is C14H15ClN2O3S. The highest BCUT2D eigenvalue weighted by atomic mass is 35.5. The summed E-state index contributed by atoms with van der Waals surface area (Å²) < 4.78 is 22.8. The van der Waals surface area contributed by atoms with Crippen LogP contribution in [0.3, 0.4) is 0 Å². The molecule has 2 rings (SSSR count). The molecule has 1 amide bonds. The molecule has 2 aromatic rings. The summed E-state index contributed by atoms with van der Waals surface area (Å²) in [5, 5.41) is 3.27. The lowest BCUT2D eigenvalue weighted by Crippen LogP contribution is -2.26. The van der Waals surface area contributed by atoms with Crippen molar-refractivity contribution in [3.63, 3.8) is 0 Å². The molecule has 0 aliphatic carbocycles. The molecule has 0 unspecified atom stereocenters. The summed E-state index contributed by atoms with van der Waals surface area (Å²) in [6.07, 6.45) is 2.68. The zero-order valence-electron chi connectivity index (χ0n) is 11.6. The van der Waals surface area contributed by atoms with Crippen molar-refractivity contribution in [1.82, 2.24) is 10.3 Å². The molecule has 0 saturated heterocycles. The Morgan fingerprint density at radius 1 is 1.29 bits per heavy atom. The summed E-state index contributed by atoms with van der Waals surface area (Å²) >= 11 is 5.75. The Kier molecular flexibility index (Phi) is 4.39. The first-order valence-electron chi connectivity index (χ1n) is 6.22. The number of aromatic amines is 1. The van der Waals surface area contributed by atoms with Crippen molar-refractivity contribution in [2.45, 2.75) is 17.9 Å². The Bertz CT molecular complexity index is 751. The molecule has 1 atom stereocenters. The molecule has 2 N–H and O–H groups in total. The number of amides is 1. The summed E-state index contributed by atoms with van der Waals surface area (Å²) in [4.78, 5) is 15.0. The molecule has 0 saturated carbocycles. The molecular weight excluding hydrogens is 312 g/mol. The average molecular weight is 327 g/mol. The Hall–Kier alpha value is -1.79. The summed E-state index contributed by atoms with van der Waals surface area (Å²) in [7, 11) is -3.22. The van der Waals surface area contributed by atoms with E-state index in [2.05, 4.69) is 10.3 Å². The number of halogens is 1. The van der Waals surface area contributed by atoms with Gasteiger partial charge < -0.3 is 10.3 Å². The molecule has 1 aromatic carbocycles. The standard InChI is InChI=1S/C14H15ClN2O3S/c1-9(17-14(18)13-7-11(15)8-16-13)10-3-5-12(6-4-10)21(2,19)20/h3-9,16H,1-2H3,(H,17,18)/t9-/m0/s1. The van der Waals surface area contributed by atoms with E-state index < -0.39 is 9.84 Å². The molecule has 5 nitrogen and oxygen atoms in total. The molecule has 0 aliphatic rings. The van der Waals surface area contributed by atoms with Crippen molar-refractivity contribution < 1.29 is 13.2 Å². The lowest BCUT2D eigenvalue weighted by atomic mass is 10.1. The van der Waals surface area contributed by atoms with E-state index >= 15 is 0 Å². The van der Waals surface area contributed by atoms with Crippen LogP contribution in [-0.4, -0.2) is 25.6 Å². The molecule has 0 fully saturated rings. The lowest BCUT2D eigenvalue weighted by Gasteiger charge is -2.14. The summed E-state index contributed by atoms with van der Waals surface area (Å²) in [6, 6.07) is 7.70. The van der Waals surface area contributed by atoms with Crippen molar-refractivity contribution in [3.8, 4) is 0 Å². The maximum Gasteiger partial charge on any atom is 0.268 e. The van der Waals surface area contributed by atoms with E-state index in [0.29, 0.717) is 10.7 Å². The van der Waals surface area contributed by atoms with E-state index in [1.807, 2.05) is 6.92 Å². The number of benzene rings is 1. The second kappa shape index (κ2) is 5.91. The van der Waals surface area contributed by atoms with Crippen LogP contribution < -0.4 is 5.32 Å². The van der Waals surface area contributed by atoms with Gasteiger partial charge in [0.15, 0.2) is 9.84 Å². The van der Waals surface area contributed by atoms with E-state index in [-0.39, 0.29) is 16.8 Å². The van der Waals surface area contributed by atoms with Gasteiger partial charge in [0.1, 0.15) is 5.69 Å². The zero-order valence-corrected chi connectivity index (χ0v) is 13.1. The summed E-state index contributed by atoms with van der Waals surface area (Å²) in [5.41, 5.74) is 1.19. The number of sulfone groups is 1. The number of hydrogen-bond acceptors (Lipinski definition) is 3. The quantitative estimate of drug-likeness (QED) is 0.906. The highest BCUT2D eigenvalue weighted by Gasteiger charge is 2.14. The van der Waals surface area contributed by atoms with Crippen LogP contribution in [0.2, 0.25) is 5.02 Å². The maximum absolute atomic E-state index is 12.0. The number of carbonyl (C=O) groups excluding carboxylic acids is 1. The fraction of sp³-hybridized carbons (Fsp3) is 0.214. The molecule has 112 valence electrons. The van der Waals surface area contributed by atoms with Crippen molar-refractivity contribution in [2.75, 3.05) is 6.26 Å². The van der Waals surface area contributed by atoms with Crippen LogP contribution in [0.5, 0.6) is 0 Å². The fourth-order valence-corrected chi connectivity index (χ4v) is 2.65. The fourth-order valence-electron chi connectivity index (χ4n) is 1.86. The molecule has 21 heavy (non-hydrogen) atoms. The second-order valence-electron chi connectivity index (χ2n) is 4.77. The van der Waals surface area contributed by atoms with Crippen LogP contribution in [0.4, 0.5) is 0 Å². The number of aromatic nitrogens is 1. The number of H-pyrrole nitrogens is 1. The minimum absolute atomic E-state index is 0.251. The Labute approximate surface area is 128 Å². The molecule has 0 spiro atoms. The summed E-state index contributed by atoms with van der Waals surface area (Å²) in [5.74, 6) is -0.276. The van der Waals surface area contributed by atoms with E-state index in [4.69, 9.17) is 11.6 Å². The molecule has 0 radical (unpaired) electrons. The molecule has 1 aromatic heterocycles. The van der Waals surface area contributed by atoms with Gasteiger partial charge in [-0.25, -0.2) is 8.42 Å². The van der Waals surface area contributed by atoms with E-state index in [1.165, 1.54) is 24.4 Å². The number of rotatable bonds is 4. The monoisotopic (exact) mass is 326 g/mol. The topological polar surface area (TPSA) is 79.0 Å². The van der Waals surface area contributed by atoms with Crippen LogP contribution in [0.25, 0.3) is 0 Å². The predicted molar refractivity (Wildman–Crippen MR) is 81.2 cm³/mol. The van der Waals surface area contributed by atoms with E-state index in [0.717, 1.165) is 11.8 Å². The second-order valence-corrected chi connectivity index (χ2v) is 7.22. The van der Waals surface area contributed by atoms with Gasteiger partial charge in [-0.15, -0.1) is 0 Å². The van der Waals surface area contributed by atoms with Crippen LogP contribution in [0.1, 0.15) is 29.0 Å². The van der Waals surface area contributed by atoms with Crippen LogP contribution in [-0.2, 0) is 9.84 Å². The minimum atomic E-state index is -3.22. The lowest BCUT2D eigenvalue weighted by molar-refractivity contribution is 0.0935. The molecule has 0 bridgehead atoms. The average Bonchev–Trinajstić information content (AvgIpc) is 2.84. The van der Waals surface area contributed by atoms with Crippen molar-refractivity contribution in [2.24, 2.45) is 0 Å². The van der Waals surface area contributed by atoms with Gasteiger partial charge in [0.05, 0.1) is 16.0 Å². The number of nitrogens with one attached hydrogen (secondary N) is 2. The highest BCUT2D eigenvalue weighted by molar-refractivity contribution is 7.90. The minimum Gasteiger partial charge on any atom is -0.356 e. The predicted octanol–water partition coefficient (Wildman–Crippen LogP) is 2.56. The van der Waals surface area contributed by atoms with Crippen LogP contribution in [0.15, 0.2) is 41.4 Å². The van der Waals surface area contributed by atoms with Crippen LogP contribution in [0, 0.1) is 0 Å². The van der Waals surface area contributed by atoms with Gasteiger partial charge in [-0.1, -0.05) is 23.7 Å². The third kappa shape index (κ3) is 3.86. The van der Waals surface area contributed by atoms with Gasteiger partial charge in [0.25, 0.3) is 5.91 Å². The molecule has 7 heteroatoms. The number of carbonyl (C=O) groups is 1. The Balaban J connectivity index is 2.10. The largest absolute Gasteiger partial charge is 0.356 e. The highest BCUT2D eigenvalue weighted by Crippen LogP contribution is 2.17. The van der Waals surface area contributed by atoms with Crippen molar-refractivity contribution in [1.29, 1.82) is 0 Å². The van der Waals surface area contributed by atoms with Crippen molar-refractivity contribution in [3.05, 3.63) is 52.8 Å². The normalized spacial score (nSPS) is 12.9. The van der Waals surface area contributed by atoms with Crippen molar-refractivity contribution >= 4 is 27.3 Å². The van der Waals surface area contributed by atoms with Gasteiger partial charge in [0.2, 0.25) is 0 Å². The SMILES string of the molecule is C[C@H](NC(=O)c1cc(Cl)c[nH]1)c1ccc(S(C)(=O)=O)cc1. The Morgan fingerprint density at radius 3 is 2.38 bits per heavy atom. The van der Waals surface area contributed by atoms with E-state index in [9.17, 15) is 13.2 Å². The van der Waals surface area contributed by atoms with Gasteiger partial charge in [-0.05, 0) is 30.7 Å².